The van der Waals surface area contributed by atoms with Crippen molar-refractivity contribution < 1.29 is 54.8 Å². The summed E-state index contributed by atoms with van der Waals surface area (Å²) in [7, 11) is 0. The van der Waals surface area contributed by atoms with E-state index in [0.29, 0.717) is 40.3 Å². The highest BCUT2D eigenvalue weighted by Crippen LogP contribution is 2.38. The molecule has 4 rings (SSSR count). The van der Waals surface area contributed by atoms with Gasteiger partial charge in [0.05, 0.1) is 62.0 Å². The maximum Gasteiger partial charge on any atom is 0.416 e. The van der Waals surface area contributed by atoms with E-state index in [1.807, 2.05) is 24.3 Å². The molecule has 2 N–H and O–H groups in total. The van der Waals surface area contributed by atoms with Crippen LogP contribution in [0.2, 0.25) is 0 Å². The number of ether oxygens (including phenoxy) is 5. The Morgan fingerprint density at radius 1 is 0.755 bits per heavy atom. The van der Waals surface area contributed by atoms with Crippen LogP contribution in [0, 0.1) is 0 Å². The van der Waals surface area contributed by atoms with Crippen LogP contribution in [-0.4, -0.2) is 68.7 Å². The Hall–Kier alpha value is -4.19. The lowest BCUT2D eigenvalue weighted by Gasteiger charge is -2.15. The summed E-state index contributed by atoms with van der Waals surface area (Å²) in [5.74, 6) is 0.0803. The van der Waals surface area contributed by atoms with Crippen molar-refractivity contribution in [3.05, 3.63) is 76.5 Å². The standard InChI is InChI=1S/C32H31BrF6N4O6/c1-20(44)42-28-17-26-27(40-19-41-30(26)43-24-4-2-3-23(33)16-24)18-29(28)49-12-10-47-8-6-45-5-7-46-9-11-48-25-14-21(31(34,35)36)13-22(15-25)32(37,38)39/h2-4,13-19H,5-12H2,1H3,(H,42,44)(H,40,41,43). The van der Waals surface area contributed by atoms with Gasteiger partial charge in [-0.05, 0) is 42.5 Å². The molecule has 17 heteroatoms. The van der Waals surface area contributed by atoms with E-state index in [2.05, 4.69) is 36.5 Å². The lowest BCUT2D eigenvalue weighted by atomic mass is 10.1. The zero-order valence-corrected chi connectivity index (χ0v) is 27.5. The summed E-state index contributed by atoms with van der Waals surface area (Å²) in [6.07, 6.45) is -8.50. The van der Waals surface area contributed by atoms with Gasteiger partial charge in [-0.1, -0.05) is 22.0 Å². The predicted molar refractivity (Wildman–Crippen MR) is 171 cm³/mol. The first-order valence-corrected chi connectivity index (χ1v) is 15.5. The number of rotatable bonds is 17. The van der Waals surface area contributed by atoms with Crippen molar-refractivity contribution in [3.63, 3.8) is 0 Å². The SMILES string of the molecule is CC(=O)Nc1cc2c(Nc3cccc(Br)c3)ncnc2cc1OCCOCCOCCOCCOc1cc(C(F)(F)F)cc(C(F)(F)F)c1. The molecule has 0 saturated heterocycles. The third kappa shape index (κ3) is 12.0. The van der Waals surface area contributed by atoms with Gasteiger partial charge in [0.1, 0.15) is 36.9 Å². The Balaban J connectivity index is 1.14. The summed E-state index contributed by atoms with van der Waals surface area (Å²) in [6.45, 7) is 2.14. The number of benzene rings is 3. The van der Waals surface area contributed by atoms with Gasteiger partial charge in [0, 0.05) is 28.5 Å². The fourth-order valence-electron chi connectivity index (χ4n) is 4.27. The van der Waals surface area contributed by atoms with Gasteiger partial charge in [-0.15, -0.1) is 0 Å². The van der Waals surface area contributed by atoms with Crippen LogP contribution < -0.4 is 20.1 Å². The van der Waals surface area contributed by atoms with Crippen LogP contribution in [0.4, 0.5) is 43.5 Å². The monoisotopic (exact) mass is 760 g/mol. The molecule has 10 nitrogen and oxygen atoms in total. The van der Waals surface area contributed by atoms with Crippen LogP contribution in [0.25, 0.3) is 10.9 Å². The summed E-state index contributed by atoms with van der Waals surface area (Å²) in [5, 5.41) is 6.69. The highest BCUT2D eigenvalue weighted by molar-refractivity contribution is 9.10. The number of fused-ring (bicyclic) bond motifs is 1. The normalized spacial score (nSPS) is 11.8. The number of alkyl halides is 6. The molecule has 0 radical (unpaired) electrons. The van der Waals surface area contributed by atoms with Gasteiger partial charge >= 0.3 is 12.4 Å². The average Bonchev–Trinajstić information content (AvgIpc) is 3.02. The van der Waals surface area contributed by atoms with Crippen LogP contribution in [-0.2, 0) is 31.4 Å². The zero-order valence-electron chi connectivity index (χ0n) is 25.9. The van der Waals surface area contributed by atoms with Crippen molar-refractivity contribution in [2.75, 3.05) is 63.5 Å². The number of aromatic nitrogens is 2. The van der Waals surface area contributed by atoms with Gasteiger partial charge in [0.25, 0.3) is 0 Å². The molecule has 0 atom stereocenters. The van der Waals surface area contributed by atoms with E-state index in [9.17, 15) is 31.1 Å². The van der Waals surface area contributed by atoms with Gasteiger partial charge in [-0.3, -0.25) is 4.79 Å². The number of amides is 1. The molecule has 0 aliphatic rings. The molecular weight excluding hydrogens is 730 g/mol. The molecule has 0 saturated carbocycles. The number of nitrogens with one attached hydrogen (secondary N) is 2. The van der Waals surface area contributed by atoms with E-state index in [-0.39, 0.29) is 64.8 Å². The van der Waals surface area contributed by atoms with Crippen molar-refractivity contribution in [1.29, 1.82) is 0 Å². The van der Waals surface area contributed by atoms with E-state index in [1.54, 1.807) is 12.1 Å². The minimum absolute atomic E-state index is 0.0297. The van der Waals surface area contributed by atoms with Gasteiger partial charge in [-0.25, -0.2) is 9.97 Å². The molecule has 0 unspecified atom stereocenters. The Morgan fingerprint density at radius 3 is 1.92 bits per heavy atom. The Kier molecular flexibility index (Phi) is 13.4. The molecule has 0 aliphatic heterocycles. The molecule has 4 aromatic rings. The Morgan fingerprint density at radius 2 is 1.35 bits per heavy atom. The second-order valence-corrected chi connectivity index (χ2v) is 11.1. The molecule has 0 aliphatic carbocycles. The van der Waals surface area contributed by atoms with Crippen LogP contribution in [0.3, 0.4) is 0 Å². The highest BCUT2D eigenvalue weighted by atomic mass is 79.9. The first-order chi connectivity index (χ1) is 23.3. The van der Waals surface area contributed by atoms with Crippen molar-refractivity contribution in [2.24, 2.45) is 0 Å². The fraction of sp³-hybridized carbons (Fsp3) is 0.344. The van der Waals surface area contributed by atoms with Gasteiger partial charge in [-0.2, -0.15) is 26.3 Å². The van der Waals surface area contributed by atoms with Crippen LogP contribution in [0.15, 0.2) is 65.4 Å². The van der Waals surface area contributed by atoms with Crippen molar-refractivity contribution in [3.8, 4) is 11.5 Å². The van der Waals surface area contributed by atoms with Gasteiger partial charge in [0.2, 0.25) is 5.91 Å². The molecule has 0 bridgehead atoms. The number of carbonyl (C=O) groups is 1. The Labute approximate surface area is 285 Å². The summed E-state index contributed by atoms with van der Waals surface area (Å²) in [4.78, 5) is 20.6. The van der Waals surface area contributed by atoms with Crippen molar-refractivity contribution >= 4 is 49.9 Å². The smallest absolute Gasteiger partial charge is 0.416 e. The molecule has 0 fully saturated rings. The topological polar surface area (TPSA) is 113 Å². The summed E-state index contributed by atoms with van der Waals surface area (Å²) in [6, 6.07) is 12.0. The van der Waals surface area contributed by atoms with Crippen molar-refractivity contribution in [1.82, 2.24) is 9.97 Å². The molecule has 0 spiro atoms. The molecule has 49 heavy (non-hydrogen) atoms. The number of hydrogen-bond acceptors (Lipinski definition) is 9. The highest BCUT2D eigenvalue weighted by Gasteiger charge is 2.37. The Bertz CT molecular complexity index is 1680. The second-order valence-electron chi connectivity index (χ2n) is 10.2. The van der Waals surface area contributed by atoms with Crippen molar-refractivity contribution in [2.45, 2.75) is 19.3 Å². The third-order valence-electron chi connectivity index (χ3n) is 6.42. The molecular formula is C32H31BrF6N4O6. The maximum atomic E-state index is 13.0. The minimum atomic E-state index is -4.96. The summed E-state index contributed by atoms with van der Waals surface area (Å²) in [5.41, 5.74) is -1.09. The van der Waals surface area contributed by atoms with E-state index in [0.717, 1.165) is 10.2 Å². The molecule has 1 amide bonds. The minimum Gasteiger partial charge on any atom is -0.491 e. The first-order valence-electron chi connectivity index (χ1n) is 14.7. The fourth-order valence-corrected chi connectivity index (χ4v) is 4.67. The molecule has 1 aromatic heterocycles. The molecule has 1 heterocycles. The second kappa shape index (κ2) is 17.5. The third-order valence-corrected chi connectivity index (χ3v) is 6.91. The zero-order chi connectivity index (χ0) is 35.4. The van der Waals surface area contributed by atoms with Crippen LogP contribution in [0.5, 0.6) is 11.5 Å². The average molecular weight is 762 g/mol. The summed E-state index contributed by atoms with van der Waals surface area (Å²) >= 11 is 3.44. The quantitative estimate of drug-likeness (QED) is 0.0829. The lowest BCUT2D eigenvalue weighted by molar-refractivity contribution is -0.143. The van der Waals surface area contributed by atoms with E-state index >= 15 is 0 Å². The number of anilines is 3. The predicted octanol–water partition coefficient (Wildman–Crippen LogP) is 7.64. The number of hydrogen-bond donors (Lipinski definition) is 2. The number of halogens is 7. The summed E-state index contributed by atoms with van der Waals surface area (Å²) < 4.78 is 106. The van der Waals surface area contributed by atoms with E-state index in [1.165, 1.54) is 13.3 Å². The first kappa shape index (κ1) is 37.6. The lowest BCUT2D eigenvalue weighted by Crippen LogP contribution is -2.15. The van der Waals surface area contributed by atoms with E-state index in [4.69, 9.17) is 23.7 Å². The van der Waals surface area contributed by atoms with E-state index < -0.39 is 29.2 Å². The van der Waals surface area contributed by atoms with Gasteiger partial charge in [0.15, 0.2) is 0 Å². The largest absolute Gasteiger partial charge is 0.491 e. The van der Waals surface area contributed by atoms with Crippen LogP contribution >= 0.6 is 15.9 Å². The molecule has 264 valence electrons. The maximum absolute atomic E-state index is 13.0. The number of nitrogens with zero attached hydrogens (tertiary/aromatic N) is 2. The molecule has 3 aromatic carbocycles. The number of carbonyl (C=O) groups excluding carboxylic acids is 1. The van der Waals surface area contributed by atoms with Gasteiger partial charge < -0.3 is 34.3 Å². The van der Waals surface area contributed by atoms with Crippen LogP contribution in [0.1, 0.15) is 18.1 Å².